The van der Waals surface area contributed by atoms with E-state index in [2.05, 4.69) is 5.32 Å². The summed E-state index contributed by atoms with van der Waals surface area (Å²) in [6, 6.07) is 4.08. The summed E-state index contributed by atoms with van der Waals surface area (Å²) in [7, 11) is 0. The Balaban J connectivity index is 2.31. The Kier molecular flexibility index (Phi) is 4.22. The molecule has 1 saturated carbocycles. The third-order valence-corrected chi connectivity index (χ3v) is 2.98. The SMILES string of the molecule is CCOC(=O)Nc1cc(F)ccc1N(C(C)=O)C1CC1. The molecule has 6 heteroatoms. The number of carbonyl (C=O) groups excluding carboxylic acids is 2. The predicted octanol–water partition coefficient (Wildman–Crippen LogP) is 2.91. The number of anilines is 2. The van der Waals surface area contributed by atoms with Crippen molar-refractivity contribution in [2.24, 2.45) is 0 Å². The summed E-state index contributed by atoms with van der Waals surface area (Å²) in [5.41, 5.74) is 0.736. The molecule has 5 nitrogen and oxygen atoms in total. The molecule has 0 heterocycles. The number of rotatable bonds is 4. The van der Waals surface area contributed by atoms with E-state index < -0.39 is 11.9 Å². The zero-order valence-corrected chi connectivity index (χ0v) is 11.5. The van der Waals surface area contributed by atoms with Gasteiger partial charge in [-0.2, -0.15) is 0 Å². The van der Waals surface area contributed by atoms with Crippen molar-refractivity contribution in [2.75, 3.05) is 16.8 Å². The fourth-order valence-corrected chi connectivity index (χ4v) is 2.05. The van der Waals surface area contributed by atoms with Gasteiger partial charge in [0, 0.05) is 13.0 Å². The highest BCUT2D eigenvalue weighted by Gasteiger charge is 2.33. The van der Waals surface area contributed by atoms with Crippen LogP contribution < -0.4 is 10.2 Å². The van der Waals surface area contributed by atoms with Crippen molar-refractivity contribution in [3.05, 3.63) is 24.0 Å². The first kappa shape index (κ1) is 14.3. The van der Waals surface area contributed by atoms with E-state index in [-0.39, 0.29) is 24.2 Å². The van der Waals surface area contributed by atoms with E-state index in [0.717, 1.165) is 12.8 Å². The second-order valence-corrected chi connectivity index (χ2v) is 4.63. The van der Waals surface area contributed by atoms with Gasteiger partial charge in [-0.15, -0.1) is 0 Å². The number of halogens is 1. The third-order valence-electron chi connectivity index (χ3n) is 2.98. The van der Waals surface area contributed by atoms with Crippen molar-refractivity contribution in [3.63, 3.8) is 0 Å². The van der Waals surface area contributed by atoms with E-state index in [0.29, 0.717) is 5.69 Å². The molecule has 0 aliphatic heterocycles. The Bertz CT molecular complexity index is 529. The molecule has 0 unspecified atom stereocenters. The van der Waals surface area contributed by atoms with Gasteiger partial charge in [0.05, 0.1) is 18.0 Å². The van der Waals surface area contributed by atoms with Crippen molar-refractivity contribution >= 4 is 23.4 Å². The molecule has 0 aromatic heterocycles. The van der Waals surface area contributed by atoms with Gasteiger partial charge >= 0.3 is 6.09 Å². The van der Waals surface area contributed by atoms with Gasteiger partial charge < -0.3 is 9.64 Å². The average molecular weight is 280 g/mol. The number of hydrogen-bond donors (Lipinski definition) is 1. The molecule has 0 spiro atoms. The van der Waals surface area contributed by atoms with Crippen LogP contribution in [0.2, 0.25) is 0 Å². The average Bonchev–Trinajstić information content (AvgIpc) is 3.16. The Labute approximate surface area is 116 Å². The topological polar surface area (TPSA) is 58.6 Å². The molecular formula is C14H17FN2O3. The number of carbonyl (C=O) groups is 2. The second kappa shape index (κ2) is 5.90. The second-order valence-electron chi connectivity index (χ2n) is 4.63. The van der Waals surface area contributed by atoms with Gasteiger partial charge in [-0.3, -0.25) is 10.1 Å². The molecule has 1 aromatic carbocycles. The van der Waals surface area contributed by atoms with Crippen molar-refractivity contribution in [1.82, 2.24) is 0 Å². The maximum atomic E-state index is 13.4. The summed E-state index contributed by atoms with van der Waals surface area (Å²) in [5, 5.41) is 2.48. The van der Waals surface area contributed by atoms with Gasteiger partial charge in [-0.1, -0.05) is 0 Å². The zero-order valence-electron chi connectivity index (χ0n) is 11.5. The number of nitrogens with zero attached hydrogens (tertiary/aromatic N) is 1. The molecule has 1 aromatic rings. The Morgan fingerprint density at radius 1 is 1.45 bits per heavy atom. The van der Waals surface area contributed by atoms with Crippen LogP contribution in [0.15, 0.2) is 18.2 Å². The minimum absolute atomic E-state index is 0.126. The van der Waals surface area contributed by atoms with E-state index in [1.165, 1.54) is 25.1 Å². The summed E-state index contributed by atoms with van der Waals surface area (Å²) >= 11 is 0. The molecule has 1 aliphatic rings. The Hall–Kier alpha value is -2.11. The molecule has 1 N–H and O–H groups in total. The van der Waals surface area contributed by atoms with Gasteiger partial charge in [0.15, 0.2) is 0 Å². The van der Waals surface area contributed by atoms with Crippen LogP contribution in [0, 0.1) is 5.82 Å². The number of ether oxygens (including phenoxy) is 1. The van der Waals surface area contributed by atoms with Crippen LogP contribution >= 0.6 is 0 Å². The van der Waals surface area contributed by atoms with Crippen molar-refractivity contribution in [1.29, 1.82) is 0 Å². The van der Waals surface area contributed by atoms with Gasteiger partial charge in [-0.05, 0) is 38.0 Å². The van der Waals surface area contributed by atoms with Gasteiger partial charge in [0.25, 0.3) is 0 Å². The normalized spacial score (nSPS) is 13.8. The van der Waals surface area contributed by atoms with Crippen molar-refractivity contribution < 1.29 is 18.7 Å². The molecule has 108 valence electrons. The minimum atomic E-state index is -0.668. The predicted molar refractivity (Wildman–Crippen MR) is 73.2 cm³/mol. The van der Waals surface area contributed by atoms with Gasteiger partial charge in [-0.25, -0.2) is 9.18 Å². The quantitative estimate of drug-likeness (QED) is 0.922. The summed E-state index contributed by atoms with van der Waals surface area (Å²) in [4.78, 5) is 24.8. The Morgan fingerprint density at radius 3 is 2.70 bits per heavy atom. The fraction of sp³-hybridized carbons (Fsp3) is 0.429. The minimum Gasteiger partial charge on any atom is -0.450 e. The standard InChI is InChI=1S/C14H17FN2O3/c1-3-20-14(19)16-12-8-10(15)4-7-13(12)17(9(2)18)11-5-6-11/h4,7-8,11H,3,5-6H2,1-2H3,(H,16,19). The molecule has 0 bridgehead atoms. The molecule has 2 amide bonds. The summed E-state index contributed by atoms with van der Waals surface area (Å²) in [5.74, 6) is -0.620. The van der Waals surface area contributed by atoms with Crippen LogP contribution in [0.5, 0.6) is 0 Å². The lowest BCUT2D eigenvalue weighted by molar-refractivity contribution is -0.116. The molecule has 0 atom stereocenters. The van der Waals surface area contributed by atoms with Crippen LogP contribution in [0.25, 0.3) is 0 Å². The van der Waals surface area contributed by atoms with Gasteiger partial charge in [0.2, 0.25) is 5.91 Å². The Morgan fingerprint density at radius 2 is 2.15 bits per heavy atom. The van der Waals surface area contributed by atoms with E-state index in [9.17, 15) is 14.0 Å². The van der Waals surface area contributed by atoms with Crippen LogP contribution in [0.1, 0.15) is 26.7 Å². The molecule has 0 radical (unpaired) electrons. The van der Waals surface area contributed by atoms with Crippen LogP contribution in [0.3, 0.4) is 0 Å². The largest absolute Gasteiger partial charge is 0.450 e. The first-order valence-electron chi connectivity index (χ1n) is 6.56. The number of nitrogens with one attached hydrogen (secondary N) is 1. The van der Waals surface area contributed by atoms with E-state index >= 15 is 0 Å². The van der Waals surface area contributed by atoms with Crippen LogP contribution in [0.4, 0.5) is 20.6 Å². The molecular weight excluding hydrogens is 263 g/mol. The number of amides is 2. The fourth-order valence-electron chi connectivity index (χ4n) is 2.05. The highest BCUT2D eigenvalue weighted by molar-refractivity contribution is 5.99. The summed E-state index contributed by atoms with van der Waals surface area (Å²) < 4.78 is 18.2. The monoisotopic (exact) mass is 280 g/mol. The molecule has 20 heavy (non-hydrogen) atoms. The third kappa shape index (κ3) is 3.26. The van der Waals surface area contributed by atoms with E-state index in [1.54, 1.807) is 11.8 Å². The lowest BCUT2D eigenvalue weighted by Gasteiger charge is -2.23. The van der Waals surface area contributed by atoms with E-state index in [4.69, 9.17) is 4.74 Å². The highest BCUT2D eigenvalue weighted by Crippen LogP contribution is 2.36. The molecule has 1 aliphatic carbocycles. The molecule has 1 fully saturated rings. The maximum Gasteiger partial charge on any atom is 0.411 e. The first-order chi connectivity index (χ1) is 9.52. The van der Waals surface area contributed by atoms with Crippen LogP contribution in [-0.4, -0.2) is 24.6 Å². The lowest BCUT2D eigenvalue weighted by atomic mass is 10.2. The van der Waals surface area contributed by atoms with Crippen molar-refractivity contribution in [3.8, 4) is 0 Å². The number of hydrogen-bond acceptors (Lipinski definition) is 3. The van der Waals surface area contributed by atoms with Crippen LogP contribution in [-0.2, 0) is 9.53 Å². The molecule has 2 rings (SSSR count). The zero-order chi connectivity index (χ0) is 14.7. The first-order valence-corrected chi connectivity index (χ1v) is 6.56. The maximum absolute atomic E-state index is 13.4. The number of benzene rings is 1. The smallest absolute Gasteiger partial charge is 0.411 e. The lowest BCUT2D eigenvalue weighted by Crippen LogP contribution is -2.31. The summed E-state index contributed by atoms with van der Waals surface area (Å²) in [6.45, 7) is 3.35. The highest BCUT2D eigenvalue weighted by atomic mass is 19.1. The van der Waals surface area contributed by atoms with Gasteiger partial charge in [0.1, 0.15) is 5.82 Å². The summed E-state index contributed by atoms with van der Waals surface area (Å²) in [6.07, 6.45) is 1.16. The molecule has 0 saturated heterocycles. The van der Waals surface area contributed by atoms with E-state index in [1.807, 2.05) is 0 Å². The van der Waals surface area contributed by atoms with Crippen molar-refractivity contribution in [2.45, 2.75) is 32.7 Å².